The number of rotatable bonds is 2. The molecule has 0 aromatic carbocycles. The van der Waals surface area contributed by atoms with Crippen molar-refractivity contribution in [2.45, 2.75) is 31.7 Å². The predicted molar refractivity (Wildman–Crippen MR) is 64.4 cm³/mol. The number of furan rings is 1. The zero-order chi connectivity index (χ0) is 12.6. The summed E-state index contributed by atoms with van der Waals surface area (Å²) in [7, 11) is -3.41. The van der Waals surface area contributed by atoms with Gasteiger partial charge in [0.2, 0.25) is 10.0 Å². The standard InChI is InChI=1S/C11H18N2O3S/c1-8-7-13(5-4-12-8)17(14,15)11-6-9(2)16-10(11)3/h6,8,12H,4-5,7H2,1-3H3. The lowest BCUT2D eigenvalue weighted by Crippen LogP contribution is -2.51. The Labute approximate surface area is 102 Å². The molecule has 0 spiro atoms. The van der Waals surface area contributed by atoms with Crippen molar-refractivity contribution in [3.05, 3.63) is 17.6 Å². The Morgan fingerprint density at radius 2 is 2.18 bits per heavy atom. The summed E-state index contributed by atoms with van der Waals surface area (Å²) in [6.07, 6.45) is 0. The first-order valence-electron chi connectivity index (χ1n) is 5.72. The summed E-state index contributed by atoms with van der Waals surface area (Å²) in [6, 6.07) is 1.78. The molecule has 1 N–H and O–H groups in total. The third kappa shape index (κ3) is 2.38. The highest BCUT2D eigenvalue weighted by atomic mass is 32.2. The van der Waals surface area contributed by atoms with Gasteiger partial charge < -0.3 is 9.73 Å². The van der Waals surface area contributed by atoms with Crippen molar-refractivity contribution in [3.8, 4) is 0 Å². The summed E-state index contributed by atoms with van der Waals surface area (Å²) in [5.74, 6) is 1.10. The molecule has 1 fully saturated rings. The second kappa shape index (κ2) is 4.44. The van der Waals surface area contributed by atoms with Gasteiger partial charge in [-0.2, -0.15) is 4.31 Å². The first-order valence-corrected chi connectivity index (χ1v) is 7.16. The Morgan fingerprint density at radius 3 is 2.71 bits per heavy atom. The van der Waals surface area contributed by atoms with Gasteiger partial charge in [0.05, 0.1) is 0 Å². The number of sulfonamides is 1. The van der Waals surface area contributed by atoms with E-state index in [1.165, 1.54) is 4.31 Å². The third-order valence-electron chi connectivity index (χ3n) is 2.94. The molecule has 1 unspecified atom stereocenters. The van der Waals surface area contributed by atoms with Crippen LogP contribution >= 0.6 is 0 Å². The highest BCUT2D eigenvalue weighted by Crippen LogP contribution is 2.23. The van der Waals surface area contributed by atoms with Crippen LogP contribution in [0, 0.1) is 13.8 Å². The molecule has 96 valence electrons. The number of nitrogens with zero attached hydrogens (tertiary/aromatic N) is 1. The zero-order valence-corrected chi connectivity index (χ0v) is 11.2. The molecule has 1 saturated heterocycles. The van der Waals surface area contributed by atoms with Crippen molar-refractivity contribution in [3.63, 3.8) is 0 Å². The molecule has 0 aliphatic carbocycles. The van der Waals surface area contributed by atoms with Gasteiger partial charge in [0.15, 0.2) is 0 Å². The maximum atomic E-state index is 12.4. The molecule has 6 heteroatoms. The van der Waals surface area contributed by atoms with Gasteiger partial charge in [-0.15, -0.1) is 0 Å². The summed E-state index contributed by atoms with van der Waals surface area (Å²) in [5, 5.41) is 3.23. The average molecular weight is 258 g/mol. The normalized spacial score (nSPS) is 22.9. The van der Waals surface area contributed by atoms with Crippen LogP contribution in [0.4, 0.5) is 0 Å². The van der Waals surface area contributed by atoms with Gasteiger partial charge in [-0.1, -0.05) is 0 Å². The van der Waals surface area contributed by atoms with Gasteiger partial charge in [0.25, 0.3) is 0 Å². The molecule has 17 heavy (non-hydrogen) atoms. The third-order valence-corrected chi connectivity index (χ3v) is 4.92. The minimum atomic E-state index is -3.41. The van der Waals surface area contributed by atoms with Crippen molar-refractivity contribution >= 4 is 10.0 Å². The van der Waals surface area contributed by atoms with Crippen LogP contribution in [0.2, 0.25) is 0 Å². The van der Waals surface area contributed by atoms with Crippen LogP contribution in [0.1, 0.15) is 18.4 Å². The van der Waals surface area contributed by atoms with Crippen molar-refractivity contribution in [1.82, 2.24) is 9.62 Å². The van der Waals surface area contributed by atoms with Crippen LogP contribution in [0.5, 0.6) is 0 Å². The first kappa shape index (κ1) is 12.6. The molecule has 0 amide bonds. The van der Waals surface area contributed by atoms with Crippen LogP contribution in [0.15, 0.2) is 15.4 Å². The zero-order valence-electron chi connectivity index (χ0n) is 10.4. The van der Waals surface area contributed by atoms with E-state index in [2.05, 4.69) is 5.32 Å². The molecule has 0 bridgehead atoms. The van der Waals surface area contributed by atoms with Gasteiger partial charge in [-0.25, -0.2) is 8.42 Å². The van der Waals surface area contributed by atoms with E-state index in [1.54, 1.807) is 19.9 Å². The molecule has 1 aromatic rings. The van der Waals surface area contributed by atoms with E-state index in [0.29, 0.717) is 36.1 Å². The van der Waals surface area contributed by atoms with Crippen molar-refractivity contribution < 1.29 is 12.8 Å². The van der Waals surface area contributed by atoms with E-state index in [0.717, 1.165) is 0 Å². The second-order valence-corrected chi connectivity index (χ2v) is 6.40. The molecule has 0 saturated carbocycles. The minimum absolute atomic E-state index is 0.187. The van der Waals surface area contributed by atoms with Crippen molar-refractivity contribution in [2.24, 2.45) is 0 Å². The van der Waals surface area contributed by atoms with Crippen LogP contribution in [-0.4, -0.2) is 38.4 Å². The monoisotopic (exact) mass is 258 g/mol. The smallest absolute Gasteiger partial charge is 0.246 e. The molecular weight excluding hydrogens is 240 g/mol. The highest BCUT2D eigenvalue weighted by molar-refractivity contribution is 7.89. The van der Waals surface area contributed by atoms with Gasteiger partial charge in [0, 0.05) is 25.7 Å². The molecular formula is C11H18N2O3S. The van der Waals surface area contributed by atoms with Crippen molar-refractivity contribution in [1.29, 1.82) is 0 Å². The molecule has 2 heterocycles. The number of piperazine rings is 1. The van der Waals surface area contributed by atoms with Gasteiger partial charge in [-0.05, 0) is 26.8 Å². The summed E-state index contributed by atoms with van der Waals surface area (Å²) >= 11 is 0. The summed E-state index contributed by atoms with van der Waals surface area (Å²) in [4.78, 5) is 0.295. The first-order chi connectivity index (χ1) is 7.91. The van der Waals surface area contributed by atoms with E-state index in [1.807, 2.05) is 6.92 Å². The van der Waals surface area contributed by atoms with Crippen molar-refractivity contribution in [2.75, 3.05) is 19.6 Å². The molecule has 0 radical (unpaired) electrons. The number of hydrogen-bond donors (Lipinski definition) is 1. The Morgan fingerprint density at radius 1 is 1.47 bits per heavy atom. The SMILES string of the molecule is Cc1cc(S(=O)(=O)N2CCNC(C)C2)c(C)o1. The lowest BCUT2D eigenvalue weighted by molar-refractivity contribution is 0.309. The maximum Gasteiger partial charge on any atom is 0.246 e. The molecule has 5 nitrogen and oxygen atoms in total. The molecule has 1 atom stereocenters. The Kier molecular flexibility index (Phi) is 3.29. The topological polar surface area (TPSA) is 62.6 Å². The summed E-state index contributed by atoms with van der Waals surface area (Å²) < 4.78 is 31.6. The number of hydrogen-bond acceptors (Lipinski definition) is 4. The highest BCUT2D eigenvalue weighted by Gasteiger charge is 2.31. The van der Waals surface area contributed by atoms with E-state index in [9.17, 15) is 8.42 Å². The maximum absolute atomic E-state index is 12.4. The predicted octanol–water partition coefficient (Wildman–Crippen LogP) is 0.879. The number of nitrogens with one attached hydrogen (secondary N) is 1. The second-order valence-electron chi connectivity index (χ2n) is 4.50. The fraction of sp³-hybridized carbons (Fsp3) is 0.636. The lowest BCUT2D eigenvalue weighted by atomic mass is 10.3. The molecule has 2 rings (SSSR count). The Bertz CT molecular complexity index is 507. The largest absolute Gasteiger partial charge is 0.465 e. The number of aryl methyl sites for hydroxylation is 2. The molecule has 1 aliphatic heterocycles. The van der Waals surface area contributed by atoms with E-state index in [4.69, 9.17) is 4.42 Å². The van der Waals surface area contributed by atoms with Crippen LogP contribution in [0.3, 0.4) is 0 Å². The quantitative estimate of drug-likeness (QED) is 0.855. The summed E-state index contributed by atoms with van der Waals surface area (Å²) in [5.41, 5.74) is 0. The van der Waals surface area contributed by atoms with Crippen LogP contribution in [-0.2, 0) is 10.0 Å². The fourth-order valence-corrected chi connectivity index (χ4v) is 3.87. The lowest BCUT2D eigenvalue weighted by Gasteiger charge is -2.30. The van der Waals surface area contributed by atoms with Crippen LogP contribution in [0.25, 0.3) is 0 Å². The van der Waals surface area contributed by atoms with E-state index >= 15 is 0 Å². The Balaban J connectivity index is 2.33. The molecule has 1 aliphatic rings. The summed E-state index contributed by atoms with van der Waals surface area (Å²) in [6.45, 7) is 7.13. The molecule has 1 aromatic heterocycles. The van der Waals surface area contributed by atoms with E-state index in [-0.39, 0.29) is 6.04 Å². The fourth-order valence-electron chi connectivity index (χ4n) is 2.12. The van der Waals surface area contributed by atoms with Gasteiger partial charge in [-0.3, -0.25) is 0 Å². The average Bonchev–Trinajstić information content (AvgIpc) is 2.58. The van der Waals surface area contributed by atoms with Crippen LogP contribution < -0.4 is 5.32 Å². The van der Waals surface area contributed by atoms with E-state index < -0.39 is 10.0 Å². The Hall–Kier alpha value is -0.850. The van der Waals surface area contributed by atoms with Gasteiger partial charge >= 0.3 is 0 Å². The van der Waals surface area contributed by atoms with Gasteiger partial charge in [0.1, 0.15) is 16.4 Å². The minimum Gasteiger partial charge on any atom is -0.465 e.